The van der Waals surface area contributed by atoms with Gasteiger partial charge < -0.3 is 5.32 Å². The van der Waals surface area contributed by atoms with E-state index in [2.05, 4.69) is 15.3 Å². The summed E-state index contributed by atoms with van der Waals surface area (Å²) in [7, 11) is 0. The van der Waals surface area contributed by atoms with Crippen LogP contribution in [-0.4, -0.2) is 9.97 Å². The van der Waals surface area contributed by atoms with Crippen molar-refractivity contribution in [2.45, 2.75) is 6.92 Å². The Morgan fingerprint density at radius 2 is 1.95 bits per heavy atom. The van der Waals surface area contributed by atoms with Gasteiger partial charge in [0, 0.05) is 22.2 Å². The van der Waals surface area contributed by atoms with E-state index in [1.165, 1.54) is 18.5 Å². The number of benzene rings is 2. The summed E-state index contributed by atoms with van der Waals surface area (Å²) in [6, 6.07) is 10.0. The Morgan fingerprint density at radius 3 is 2.80 bits per heavy atom. The molecule has 3 rings (SSSR count). The van der Waals surface area contributed by atoms with Crippen molar-refractivity contribution < 1.29 is 4.39 Å². The van der Waals surface area contributed by atoms with Gasteiger partial charge >= 0.3 is 0 Å². The Balaban J connectivity index is 2.09. The van der Waals surface area contributed by atoms with E-state index in [4.69, 9.17) is 11.6 Å². The highest BCUT2D eigenvalue weighted by molar-refractivity contribution is 6.30. The molecular formula is C15H11ClFN3. The maximum atomic E-state index is 13.2. The number of hydrogen-bond acceptors (Lipinski definition) is 3. The van der Waals surface area contributed by atoms with Crippen molar-refractivity contribution in [2.24, 2.45) is 0 Å². The maximum absolute atomic E-state index is 13.2. The molecule has 0 amide bonds. The van der Waals surface area contributed by atoms with Crippen LogP contribution in [0.25, 0.3) is 10.9 Å². The van der Waals surface area contributed by atoms with Crippen LogP contribution in [-0.2, 0) is 0 Å². The number of aromatic nitrogens is 2. The van der Waals surface area contributed by atoms with E-state index >= 15 is 0 Å². The Hall–Kier alpha value is -2.20. The van der Waals surface area contributed by atoms with Gasteiger partial charge in [-0.2, -0.15) is 0 Å². The second kappa shape index (κ2) is 5.06. The van der Waals surface area contributed by atoms with Crippen molar-refractivity contribution in [3.8, 4) is 0 Å². The van der Waals surface area contributed by atoms with Crippen LogP contribution in [0.1, 0.15) is 5.56 Å². The van der Waals surface area contributed by atoms with Crippen molar-refractivity contribution >= 4 is 34.0 Å². The zero-order chi connectivity index (χ0) is 14.1. The number of fused-ring (bicyclic) bond motifs is 1. The molecule has 100 valence electrons. The summed E-state index contributed by atoms with van der Waals surface area (Å²) in [5, 5.41) is 4.62. The van der Waals surface area contributed by atoms with Gasteiger partial charge in [0.1, 0.15) is 18.0 Å². The van der Waals surface area contributed by atoms with Gasteiger partial charge in [-0.3, -0.25) is 0 Å². The Kier molecular flexibility index (Phi) is 3.24. The van der Waals surface area contributed by atoms with E-state index in [-0.39, 0.29) is 5.82 Å². The lowest BCUT2D eigenvalue weighted by Gasteiger charge is -2.11. The molecule has 0 bridgehead atoms. The third-order valence-electron chi connectivity index (χ3n) is 3.05. The lowest BCUT2D eigenvalue weighted by atomic mass is 10.2. The third kappa shape index (κ3) is 2.42. The van der Waals surface area contributed by atoms with Crippen LogP contribution in [0.2, 0.25) is 5.02 Å². The van der Waals surface area contributed by atoms with Gasteiger partial charge in [-0.1, -0.05) is 17.7 Å². The summed E-state index contributed by atoms with van der Waals surface area (Å²) < 4.78 is 13.2. The highest BCUT2D eigenvalue weighted by atomic mass is 35.5. The normalized spacial score (nSPS) is 10.8. The van der Waals surface area contributed by atoms with Crippen LogP contribution in [0.4, 0.5) is 15.9 Å². The van der Waals surface area contributed by atoms with E-state index in [0.717, 1.165) is 16.6 Å². The number of nitrogens with zero attached hydrogens (tertiary/aromatic N) is 2. The first-order valence-corrected chi connectivity index (χ1v) is 6.45. The topological polar surface area (TPSA) is 37.8 Å². The summed E-state index contributed by atoms with van der Waals surface area (Å²) >= 11 is 6.00. The summed E-state index contributed by atoms with van der Waals surface area (Å²) in [4.78, 5) is 8.28. The van der Waals surface area contributed by atoms with Crippen molar-refractivity contribution in [3.05, 3.63) is 59.1 Å². The van der Waals surface area contributed by atoms with Crippen LogP contribution in [0.5, 0.6) is 0 Å². The number of rotatable bonds is 2. The maximum Gasteiger partial charge on any atom is 0.141 e. The zero-order valence-electron chi connectivity index (χ0n) is 10.7. The van der Waals surface area contributed by atoms with Gasteiger partial charge in [-0.25, -0.2) is 14.4 Å². The van der Waals surface area contributed by atoms with Gasteiger partial charge in [0.15, 0.2) is 0 Å². The van der Waals surface area contributed by atoms with Gasteiger partial charge in [-0.15, -0.1) is 0 Å². The summed E-state index contributed by atoms with van der Waals surface area (Å²) in [6.45, 7) is 1.97. The molecule has 0 aliphatic carbocycles. The molecule has 0 spiro atoms. The fourth-order valence-electron chi connectivity index (χ4n) is 1.99. The molecule has 0 radical (unpaired) electrons. The molecule has 1 heterocycles. The quantitative estimate of drug-likeness (QED) is 0.755. The number of halogens is 2. The van der Waals surface area contributed by atoms with Crippen LogP contribution in [0, 0.1) is 12.7 Å². The average molecular weight is 288 g/mol. The average Bonchev–Trinajstić information content (AvgIpc) is 2.43. The van der Waals surface area contributed by atoms with Crippen LogP contribution < -0.4 is 5.32 Å². The highest BCUT2D eigenvalue weighted by Gasteiger charge is 2.07. The smallest absolute Gasteiger partial charge is 0.141 e. The Bertz CT molecular complexity index is 789. The first kappa shape index (κ1) is 12.8. The molecule has 0 saturated carbocycles. The van der Waals surface area contributed by atoms with E-state index in [1.54, 1.807) is 6.07 Å². The van der Waals surface area contributed by atoms with E-state index in [0.29, 0.717) is 16.4 Å². The summed E-state index contributed by atoms with van der Waals surface area (Å²) in [5.41, 5.74) is 2.47. The fourth-order valence-corrected chi connectivity index (χ4v) is 2.16. The van der Waals surface area contributed by atoms with Crippen LogP contribution in [0.3, 0.4) is 0 Å². The molecule has 0 unspecified atom stereocenters. The van der Waals surface area contributed by atoms with E-state index in [1.807, 2.05) is 25.1 Å². The Labute approximate surface area is 120 Å². The second-order valence-electron chi connectivity index (χ2n) is 4.47. The van der Waals surface area contributed by atoms with Gasteiger partial charge in [-0.05, 0) is 36.8 Å². The van der Waals surface area contributed by atoms with Gasteiger partial charge in [0.2, 0.25) is 0 Å². The number of anilines is 2. The summed E-state index contributed by atoms with van der Waals surface area (Å²) in [5.74, 6) is 0.307. The SMILES string of the molecule is Cc1ccc(Cl)cc1Nc1ncnc2cc(F)ccc12. The number of nitrogens with one attached hydrogen (secondary N) is 1. The molecule has 5 heteroatoms. The monoisotopic (exact) mass is 287 g/mol. The highest BCUT2D eigenvalue weighted by Crippen LogP contribution is 2.27. The van der Waals surface area contributed by atoms with Crippen molar-refractivity contribution in [1.82, 2.24) is 9.97 Å². The minimum atomic E-state index is -0.318. The molecule has 3 nitrogen and oxygen atoms in total. The molecule has 0 aliphatic heterocycles. The lowest BCUT2D eigenvalue weighted by Crippen LogP contribution is -1.98. The molecule has 2 aromatic carbocycles. The molecule has 0 aliphatic rings. The first-order chi connectivity index (χ1) is 9.63. The zero-order valence-corrected chi connectivity index (χ0v) is 11.4. The molecule has 3 aromatic rings. The number of hydrogen-bond donors (Lipinski definition) is 1. The molecular weight excluding hydrogens is 277 g/mol. The third-order valence-corrected chi connectivity index (χ3v) is 3.29. The standard InChI is InChI=1S/C15H11ClFN3/c1-9-2-3-10(16)6-13(9)20-15-12-5-4-11(17)7-14(12)18-8-19-15/h2-8H,1H3,(H,18,19,20). The first-order valence-electron chi connectivity index (χ1n) is 6.07. The van der Waals surface area contributed by atoms with Crippen LogP contribution in [0.15, 0.2) is 42.7 Å². The van der Waals surface area contributed by atoms with Crippen molar-refractivity contribution in [1.29, 1.82) is 0 Å². The minimum Gasteiger partial charge on any atom is -0.339 e. The van der Waals surface area contributed by atoms with Gasteiger partial charge in [0.05, 0.1) is 5.52 Å². The molecule has 1 aromatic heterocycles. The molecule has 0 atom stereocenters. The molecule has 20 heavy (non-hydrogen) atoms. The molecule has 0 saturated heterocycles. The lowest BCUT2D eigenvalue weighted by molar-refractivity contribution is 0.629. The predicted octanol–water partition coefficient (Wildman–Crippen LogP) is 4.47. The van der Waals surface area contributed by atoms with Crippen molar-refractivity contribution in [2.75, 3.05) is 5.32 Å². The molecule has 0 fully saturated rings. The largest absolute Gasteiger partial charge is 0.339 e. The Morgan fingerprint density at radius 1 is 1.10 bits per heavy atom. The fraction of sp³-hybridized carbons (Fsp3) is 0.0667. The molecule has 1 N–H and O–H groups in total. The minimum absolute atomic E-state index is 0.318. The van der Waals surface area contributed by atoms with Crippen molar-refractivity contribution in [3.63, 3.8) is 0 Å². The summed E-state index contributed by atoms with van der Waals surface area (Å²) in [6.07, 6.45) is 1.41. The second-order valence-corrected chi connectivity index (χ2v) is 4.90. The van der Waals surface area contributed by atoms with Gasteiger partial charge in [0.25, 0.3) is 0 Å². The van der Waals surface area contributed by atoms with E-state index < -0.39 is 0 Å². The van der Waals surface area contributed by atoms with Crippen LogP contribution >= 0.6 is 11.6 Å². The predicted molar refractivity (Wildman–Crippen MR) is 79.0 cm³/mol. The number of aryl methyl sites for hydroxylation is 1. The van der Waals surface area contributed by atoms with E-state index in [9.17, 15) is 4.39 Å².